The lowest BCUT2D eigenvalue weighted by atomic mass is 9.90. The highest BCUT2D eigenvalue weighted by atomic mass is 35.5. The van der Waals surface area contributed by atoms with Crippen molar-refractivity contribution in [1.29, 1.82) is 0 Å². The quantitative estimate of drug-likeness (QED) is 0.413. The molecule has 1 saturated heterocycles. The summed E-state index contributed by atoms with van der Waals surface area (Å²) in [5.41, 5.74) is 1.98. The number of piperidine rings is 1. The highest BCUT2D eigenvalue weighted by Crippen LogP contribution is 2.34. The van der Waals surface area contributed by atoms with Crippen LogP contribution in [-0.2, 0) is 4.79 Å². The standard InChI is InChI=1S/C22H19Cl2FN4O/c1-2-19(30)29-9-3-4-14(11-29)13-5-7-17-15(10-13)22(27-12-26-17)28-18-8-6-16(23)20(24)21(18)25/h2,5-8,10,12,14H,1,3-4,9,11H2,(H,26,27,28)/t14-/m0/s1. The predicted molar refractivity (Wildman–Crippen MR) is 118 cm³/mol. The van der Waals surface area contributed by atoms with E-state index in [9.17, 15) is 9.18 Å². The van der Waals surface area contributed by atoms with Crippen LogP contribution in [0.5, 0.6) is 0 Å². The van der Waals surface area contributed by atoms with Crippen LogP contribution in [0, 0.1) is 5.82 Å². The SMILES string of the molecule is C=CC(=O)N1CCC[C@H](c2ccc3ncnc(Nc4ccc(Cl)c(Cl)c4F)c3c2)C1. The zero-order chi connectivity index (χ0) is 21.3. The topological polar surface area (TPSA) is 58.1 Å². The first-order valence-corrected chi connectivity index (χ1v) is 10.3. The maximum Gasteiger partial charge on any atom is 0.245 e. The number of hydrogen-bond donors (Lipinski definition) is 1. The van der Waals surface area contributed by atoms with Gasteiger partial charge >= 0.3 is 0 Å². The zero-order valence-corrected chi connectivity index (χ0v) is 17.5. The van der Waals surface area contributed by atoms with Crippen LogP contribution in [0.15, 0.2) is 49.3 Å². The third kappa shape index (κ3) is 3.98. The van der Waals surface area contributed by atoms with Crippen molar-refractivity contribution in [2.45, 2.75) is 18.8 Å². The molecule has 3 aromatic rings. The number of rotatable bonds is 4. The molecule has 0 radical (unpaired) electrons. The van der Waals surface area contributed by atoms with Crippen LogP contribution in [0.2, 0.25) is 10.0 Å². The van der Waals surface area contributed by atoms with Crippen molar-refractivity contribution >= 4 is 51.5 Å². The Morgan fingerprint density at radius 3 is 2.90 bits per heavy atom. The molecule has 5 nitrogen and oxygen atoms in total. The number of carbonyl (C=O) groups excluding carboxylic acids is 1. The molecule has 0 spiro atoms. The number of anilines is 2. The molecule has 1 fully saturated rings. The Balaban J connectivity index is 1.68. The van der Waals surface area contributed by atoms with Crippen molar-refractivity contribution in [3.63, 3.8) is 0 Å². The molecular formula is C22H19Cl2FN4O. The number of nitrogens with zero attached hydrogens (tertiary/aromatic N) is 3. The fourth-order valence-corrected chi connectivity index (χ4v) is 4.07. The average molecular weight is 445 g/mol. The number of fused-ring (bicyclic) bond motifs is 1. The van der Waals surface area contributed by atoms with E-state index >= 15 is 0 Å². The van der Waals surface area contributed by atoms with Gasteiger partial charge in [-0.05, 0) is 48.7 Å². The van der Waals surface area contributed by atoms with E-state index in [1.165, 1.54) is 24.5 Å². The molecule has 0 unspecified atom stereocenters. The third-order valence-corrected chi connectivity index (χ3v) is 6.11. The largest absolute Gasteiger partial charge is 0.339 e. The second kappa shape index (κ2) is 8.58. The van der Waals surface area contributed by atoms with Crippen molar-refractivity contribution < 1.29 is 9.18 Å². The predicted octanol–water partition coefficient (Wildman–Crippen LogP) is 5.71. The van der Waals surface area contributed by atoms with Crippen LogP contribution >= 0.6 is 23.2 Å². The number of likely N-dealkylation sites (tertiary alicyclic amines) is 1. The minimum Gasteiger partial charge on any atom is -0.339 e. The normalized spacial score (nSPS) is 16.5. The fourth-order valence-electron chi connectivity index (χ4n) is 3.76. The van der Waals surface area contributed by atoms with E-state index in [0.717, 1.165) is 35.9 Å². The summed E-state index contributed by atoms with van der Waals surface area (Å²) in [7, 11) is 0. The smallest absolute Gasteiger partial charge is 0.245 e. The van der Waals surface area contributed by atoms with Crippen molar-refractivity contribution in [3.05, 3.63) is 70.7 Å². The summed E-state index contributed by atoms with van der Waals surface area (Å²) in [6, 6.07) is 8.97. The Hall–Kier alpha value is -2.70. The van der Waals surface area contributed by atoms with E-state index in [4.69, 9.17) is 23.2 Å². The van der Waals surface area contributed by atoms with Crippen molar-refractivity contribution in [2.75, 3.05) is 18.4 Å². The summed E-state index contributed by atoms with van der Waals surface area (Å²) in [6.45, 7) is 4.95. The van der Waals surface area contributed by atoms with Gasteiger partial charge in [0.1, 0.15) is 12.1 Å². The molecule has 2 aromatic carbocycles. The van der Waals surface area contributed by atoms with Crippen LogP contribution in [-0.4, -0.2) is 33.9 Å². The molecule has 1 atom stereocenters. The number of aromatic nitrogens is 2. The second-order valence-electron chi connectivity index (χ2n) is 7.17. The summed E-state index contributed by atoms with van der Waals surface area (Å²) in [5.74, 6) is -0.0324. The molecule has 30 heavy (non-hydrogen) atoms. The highest BCUT2D eigenvalue weighted by molar-refractivity contribution is 6.42. The molecule has 1 amide bonds. The number of carbonyl (C=O) groups is 1. The number of amides is 1. The van der Waals surface area contributed by atoms with Gasteiger partial charge in [0.15, 0.2) is 5.82 Å². The summed E-state index contributed by atoms with van der Waals surface area (Å²) < 4.78 is 14.5. The van der Waals surface area contributed by atoms with Gasteiger partial charge in [-0.15, -0.1) is 0 Å². The van der Waals surface area contributed by atoms with Gasteiger partial charge in [0, 0.05) is 24.4 Å². The summed E-state index contributed by atoms with van der Waals surface area (Å²) in [4.78, 5) is 22.4. The number of benzene rings is 2. The Kier molecular flexibility index (Phi) is 5.88. The molecule has 1 N–H and O–H groups in total. The molecule has 154 valence electrons. The van der Waals surface area contributed by atoms with Gasteiger partial charge in [0.25, 0.3) is 0 Å². The number of hydrogen-bond acceptors (Lipinski definition) is 4. The Bertz CT molecular complexity index is 1140. The van der Waals surface area contributed by atoms with E-state index in [2.05, 4.69) is 21.9 Å². The van der Waals surface area contributed by atoms with Crippen molar-refractivity contribution in [2.24, 2.45) is 0 Å². The first-order valence-electron chi connectivity index (χ1n) is 9.54. The van der Waals surface area contributed by atoms with E-state index in [0.29, 0.717) is 12.4 Å². The Labute approximate surface area is 183 Å². The van der Waals surface area contributed by atoms with Crippen LogP contribution in [0.4, 0.5) is 15.9 Å². The summed E-state index contributed by atoms with van der Waals surface area (Å²) >= 11 is 11.8. The van der Waals surface area contributed by atoms with Gasteiger partial charge in [-0.25, -0.2) is 14.4 Å². The molecule has 4 rings (SSSR count). The van der Waals surface area contributed by atoms with Crippen molar-refractivity contribution in [3.8, 4) is 0 Å². The number of halogens is 3. The average Bonchev–Trinajstić information content (AvgIpc) is 2.79. The lowest BCUT2D eigenvalue weighted by molar-refractivity contribution is -0.127. The van der Waals surface area contributed by atoms with Gasteiger partial charge in [-0.2, -0.15) is 0 Å². The lowest BCUT2D eigenvalue weighted by Gasteiger charge is -2.32. The first-order chi connectivity index (χ1) is 14.5. The Morgan fingerprint density at radius 2 is 2.10 bits per heavy atom. The first kappa shape index (κ1) is 20.6. The highest BCUT2D eigenvalue weighted by Gasteiger charge is 2.24. The molecular weight excluding hydrogens is 426 g/mol. The van der Waals surface area contributed by atoms with Crippen LogP contribution in [0.25, 0.3) is 10.9 Å². The molecule has 1 aromatic heterocycles. The number of nitrogens with one attached hydrogen (secondary N) is 1. The van der Waals surface area contributed by atoms with E-state index in [-0.39, 0.29) is 27.6 Å². The molecule has 2 heterocycles. The molecule has 0 bridgehead atoms. The van der Waals surface area contributed by atoms with Crippen LogP contribution < -0.4 is 5.32 Å². The molecule has 0 aliphatic carbocycles. The second-order valence-corrected chi connectivity index (χ2v) is 7.96. The summed E-state index contributed by atoms with van der Waals surface area (Å²) in [5, 5.41) is 3.76. The monoisotopic (exact) mass is 444 g/mol. The van der Waals surface area contributed by atoms with Gasteiger partial charge in [0.05, 0.1) is 21.2 Å². The minimum atomic E-state index is -0.641. The molecule has 1 aliphatic rings. The molecule has 0 saturated carbocycles. The lowest BCUT2D eigenvalue weighted by Crippen LogP contribution is -2.38. The molecule has 8 heteroatoms. The fraction of sp³-hybridized carbons (Fsp3) is 0.227. The van der Waals surface area contributed by atoms with Crippen LogP contribution in [0.3, 0.4) is 0 Å². The minimum absolute atomic E-state index is 0.0544. The Morgan fingerprint density at radius 1 is 1.27 bits per heavy atom. The van der Waals surface area contributed by atoms with Crippen molar-refractivity contribution in [1.82, 2.24) is 14.9 Å². The zero-order valence-electron chi connectivity index (χ0n) is 16.0. The van der Waals surface area contributed by atoms with E-state index in [1.54, 1.807) is 0 Å². The van der Waals surface area contributed by atoms with Gasteiger partial charge in [-0.3, -0.25) is 4.79 Å². The van der Waals surface area contributed by atoms with Crippen LogP contribution in [0.1, 0.15) is 24.3 Å². The van der Waals surface area contributed by atoms with Gasteiger partial charge in [-0.1, -0.05) is 35.8 Å². The maximum absolute atomic E-state index is 14.5. The third-order valence-electron chi connectivity index (χ3n) is 5.33. The van der Waals surface area contributed by atoms with E-state index < -0.39 is 5.82 Å². The maximum atomic E-state index is 14.5. The molecule has 1 aliphatic heterocycles. The van der Waals surface area contributed by atoms with Gasteiger partial charge in [0.2, 0.25) is 5.91 Å². The van der Waals surface area contributed by atoms with Gasteiger partial charge < -0.3 is 10.2 Å². The van der Waals surface area contributed by atoms with E-state index in [1.807, 2.05) is 23.1 Å². The summed E-state index contributed by atoms with van der Waals surface area (Å²) in [6.07, 6.45) is 4.67.